The van der Waals surface area contributed by atoms with Gasteiger partial charge in [-0.1, -0.05) is 18.2 Å². The standard InChI is InChI=1S/C41H44FN11O5/c42-31-23-50(25-14-17-49(18-15-25)28-21-51(22-28)27-8-11-32(44-20-27)39(55)47-33-12-13-35(54)48-40(33)56)19-16-34(31)53-38-36(37(43)45-24-46-38)52(41(53)57)26-6-9-30(10-7-26)58-29-4-2-1-3-5-29/h1-11,20,24-25,28,31,33-34H,12-19,21-23H2,(H,47,55)(H2,43,45,46)(H,48,54,56)/t31-,33?,34-/m1/s1. The van der Waals surface area contributed by atoms with E-state index in [1.807, 2.05) is 36.4 Å². The van der Waals surface area contributed by atoms with Crippen molar-refractivity contribution < 1.29 is 23.5 Å². The van der Waals surface area contributed by atoms with Crippen LogP contribution in [0.15, 0.2) is 84.0 Å². The van der Waals surface area contributed by atoms with Gasteiger partial charge in [0, 0.05) is 57.8 Å². The molecule has 4 saturated heterocycles. The van der Waals surface area contributed by atoms with Crippen molar-refractivity contribution in [1.29, 1.82) is 0 Å². The number of para-hydroxylation sites is 1. The first-order valence-electron chi connectivity index (χ1n) is 19.7. The molecule has 0 radical (unpaired) electrons. The minimum atomic E-state index is -1.29. The number of alkyl halides is 1. The van der Waals surface area contributed by atoms with Crippen LogP contribution in [0.1, 0.15) is 48.6 Å². The Morgan fingerprint density at radius 1 is 0.810 bits per heavy atom. The van der Waals surface area contributed by atoms with E-state index in [9.17, 15) is 19.2 Å². The fraction of sp³-hybridized carbons (Fsp3) is 0.390. The highest BCUT2D eigenvalue weighted by atomic mass is 19.1. The lowest BCUT2D eigenvalue weighted by atomic mass is 9.95. The van der Waals surface area contributed by atoms with Gasteiger partial charge in [-0.15, -0.1) is 0 Å². The number of fused-ring (bicyclic) bond motifs is 1. The number of imide groups is 1. The number of halogens is 1. The van der Waals surface area contributed by atoms with E-state index in [0.29, 0.717) is 47.4 Å². The first-order chi connectivity index (χ1) is 28.2. The maximum atomic E-state index is 16.3. The zero-order valence-electron chi connectivity index (χ0n) is 31.7. The van der Waals surface area contributed by atoms with Crippen LogP contribution < -0.4 is 31.7 Å². The van der Waals surface area contributed by atoms with Crippen LogP contribution in [0, 0.1) is 0 Å². The average Bonchev–Trinajstić information content (AvgIpc) is 3.52. The number of aromatic nitrogens is 5. The smallest absolute Gasteiger partial charge is 0.335 e. The first-order valence-corrected chi connectivity index (χ1v) is 19.7. The highest BCUT2D eigenvalue weighted by molar-refractivity contribution is 6.03. The summed E-state index contributed by atoms with van der Waals surface area (Å²) in [6, 6.07) is 19.2. The molecule has 3 aromatic heterocycles. The largest absolute Gasteiger partial charge is 0.457 e. The van der Waals surface area contributed by atoms with Crippen molar-refractivity contribution in [2.75, 3.05) is 49.9 Å². The molecular weight excluding hydrogens is 746 g/mol. The van der Waals surface area contributed by atoms with Crippen LogP contribution in [-0.4, -0.2) is 115 Å². The number of nitrogen functional groups attached to an aromatic ring is 1. The minimum Gasteiger partial charge on any atom is -0.457 e. The minimum absolute atomic E-state index is 0.141. The molecule has 3 amide bonds. The second kappa shape index (κ2) is 15.6. The van der Waals surface area contributed by atoms with Crippen LogP contribution in [-0.2, 0) is 9.59 Å². The lowest BCUT2D eigenvalue weighted by Crippen LogP contribution is -2.62. The molecule has 9 rings (SSSR count). The van der Waals surface area contributed by atoms with Crippen molar-refractivity contribution in [2.45, 2.75) is 62.4 Å². The van der Waals surface area contributed by atoms with Gasteiger partial charge in [0.25, 0.3) is 5.91 Å². The summed E-state index contributed by atoms with van der Waals surface area (Å²) in [5, 5.41) is 4.90. The number of rotatable bonds is 9. The molecule has 0 aliphatic carbocycles. The van der Waals surface area contributed by atoms with E-state index in [0.717, 1.165) is 44.7 Å². The summed E-state index contributed by atoms with van der Waals surface area (Å²) in [5.41, 5.74) is 8.26. The number of nitrogens with one attached hydrogen (secondary N) is 2. The average molecular weight is 790 g/mol. The zero-order valence-corrected chi connectivity index (χ0v) is 31.7. The van der Waals surface area contributed by atoms with E-state index in [1.54, 1.807) is 36.5 Å². The third-order valence-electron chi connectivity index (χ3n) is 11.9. The molecule has 7 heterocycles. The van der Waals surface area contributed by atoms with Crippen molar-refractivity contribution in [3.63, 3.8) is 0 Å². The number of hydrogen-bond acceptors (Lipinski definition) is 12. The Morgan fingerprint density at radius 3 is 2.24 bits per heavy atom. The molecule has 2 aromatic carbocycles. The van der Waals surface area contributed by atoms with Crippen LogP contribution in [0.25, 0.3) is 16.9 Å². The summed E-state index contributed by atoms with van der Waals surface area (Å²) in [6.45, 7) is 4.40. The molecule has 58 heavy (non-hydrogen) atoms. The van der Waals surface area contributed by atoms with Gasteiger partial charge in [-0.2, -0.15) is 0 Å². The number of pyridine rings is 1. The van der Waals surface area contributed by atoms with Crippen LogP contribution in [0.5, 0.6) is 11.5 Å². The van der Waals surface area contributed by atoms with Crippen molar-refractivity contribution in [3.05, 3.63) is 95.4 Å². The van der Waals surface area contributed by atoms with Gasteiger partial charge in [-0.3, -0.25) is 38.6 Å². The van der Waals surface area contributed by atoms with Gasteiger partial charge in [0.15, 0.2) is 11.5 Å². The molecule has 4 aliphatic heterocycles. The molecule has 17 heteroatoms. The van der Waals surface area contributed by atoms with Crippen molar-refractivity contribution in [1.82, 2.24) is 44.5 Å². The predicted octanol–water partition coefficient (Wildman–Crippen LogP) is 2.82. The summed E-state index contributed by atoms with van der Waals surface area (Å²) in [4.78, 5) is 70.1. The summed E-state index contributed by atoms with van der Waals surface area (Å²) in [6.07, 6.45) is 4.46. The zero-order chi connectivity index (χ0) is 39.9. The Kier molecular flexibility index (Phi) is 10.1. The quantitative estimate of drug-likeness (QED) is 0.186. The lowest BCUT2D eigenvalue weighted by molar-refractivity contribution is -0.134. The Bertz CT molecular complexity index is 2380. The Hall–Kier alpha value is -6.20. The normalized spacial score (nSPS) is 22.4. The van der Waals surface area contributed by atoms with Gasteiger partial charge in [0.05, 0.1) is 23.6 Å². The molecule has 4 fully saturated rings. The number of anilines is 2. The van der Waals surface area contributed by atoms with E-state index in [4.69, 9.17) is 10.5 Å². The molecule has 3 atom stereocenters. The van der Waals surface area contributed by atoms with Crippen molar-refractivity contribution in [2.24, 2.45) is 0 Å². The summed E-state index contributed by atoms with van der Waals surface area (Å²) < 4.78 is 25.2. The number of piperidine rings is 3. The third kappa shape index (κ3) is 7.26. The highest BCUT2D eigenvalue weighted by Crippen LogP contribution is 2.33. The molecule has 5 aromatic rings. The van der Waals surface area contributed by atoms with Crippen LogP contribution >= 0.6 is 0 Å². The number of nitrogens with two attached hydrogens (primary N) is 1. The fourth-order valence-corrected chi connectivity index (χ4v) is 8.72. The number of imidazole rings is 1. The summed E-state index contributed by atoms with van der Waals surface area (Å²) in [7, 11) is 0. The van der Waals surface area contributed by atoms with Crippen LogP contribution in [0.2, 0.25) is 0 Å². The Morgan fingerprint density at radius 2 is 1.53 bits per heavy atom. The molecule has 1 unspecified atom stereocenters. The van der Waals surface area contributed by atoms with Crippen LogP contribution in [0.3, 0.4) is 0 Å². The fourth-order valence-electron chi connectivity index (χ4n) is 8.72. The van der Waals surface area contributed by atoms with Gasteiger partial charge in [0.2, 0.25) is 11.8 Å². The maximum absolute atomic E-state index is 16.3. The number of ether oxygens (including phenoxy) is 1. The van der Waals surface area contributed by atoms with E-state index >= 15 is 4.39 Å². The number of amides is 3. The summed E-state index contributed by atoms with van der Waals surface area (Å²) in [5.74, 6) is 0.142. The van der Waals surface area contributed by atoms with Gasteiger partial charge < -0.3 is 20.7 Å². The molecule has 4 N–H and O–H groups in total. The third-order valence-corrected chi connectivity index (χ3v) is 11.9. The van der Waals surface area contributed by atoms with E-state index in [1.165, 1.54) is 15.5 Å². The van der Waals surface area contributed by atoms with E-state index in [-0.39, 0.29) is 42.8 Å². The van der Waals surface area contributed by atoms with Crippen molar-refractivity contribution in [3.8, 4) is 17.2 Å². The molecule has 0 spiro atoms. The SMILES string of the molecule is Nc1ncnc2c1n(-c1ccc(Oc3ccccc3)cc1)c(=O)n2[C@@H]1CCN(C2CCN(C3CN(c4ccc(C(=O)NC5CCC(=O)NC5=O)nc4)C3)CC2)C[C@H]1F. The number of nitrogens with zero attached hydrogens (tertiary/aromatic N) is 8. The monoisotopic (exact) mass is 789 g/mol. The van der Waals surface area contributed by atoms with Gasteiger partial charge in [-0.25, -0.2) is 24.1 Å². The van der Waals surface area contributed by atoms with Crippen LogP contribution in [0.4, 0.5) is 15.9 Å². The second-order valence-electron chi connectivity index (χ2n) is 15.4. The van der Waals surface area contributed by atoms with E-state index in [2.05, 4.69) is 40.3 Å². The van der Waals surface area contributed by atoms with Gasteiger partial charge >= 0.3 is 5.69 Å². The highest BCUT2D eigenvalue weighted by Gasteiger charge is 2.40. The molecular formula is C41H44FN11O5. The number of hydrogen-bond donors (Lipinski definition) is 3. The number of likely N-dealkylation sites (tertiary alicyclic amines) is 2. The number of benzene rings is 2. The van der Waals surface area contributed by atoms with E-state index < -0.39 is 35.8 Å². The van der Waals surface area contributed by atoms with Gasteiger partial charge in [-0.05, 0) is 74.2 Å². The predicted molar refractivity (Wildman–Crippen MR) is 213 cm³/mol. The molecule has 300 valence electrons. The number of carbonyl (C=O) groups excluding carboxylic acids is 3. The second-order valence-corrected chi connectivity index (χ2v) is 15.4. The number of carbonyl (C=O) groups is 3. The Balaban J connectivity index is 0.787. The first kappa shape index (κ1) is 37.4. The molecule has 0 bridgehead atoms. The molecule has 4 aliphatic rings. The maximum Gasteiger partial charge on any atom is 0.335 e. The van der Waals surface area contributed by atoms with Crippen molar-refractivity contribution >= 4 is 40.4 Å². The molecule has 16 nitrogen and oxygen atoms in total. The Labute approximate surface area is 332 Å². The molecule has 0 saturated carbocycles. The van der Waals surface area contributed by atoms with Gasteiger partial charge in [0.1, 0.15) is 41.3 Å². The topological polar surface area (TPSA) is 186 Å². The summed E-state index contributed by atoms with van der Waals surface area (Å²) >= 11 is 0. The lowest BCUT2D eigenvalue weighted by Gasteiger charge is -2.50.